The highest BCUT2D eigenvalue weighted by atomic mass is 16.5. The van der Waals surface area contributed by atoms with E-state index < -0.39 is 5.97 Å². The van der Waals surface area contributed by atoms with Crippen molar-refractivity contribution in [1.82, 2.24) is 0 Å². The van der Waals surface area contributed by atoms with E-state index in [-0.39, 0.29) is 17.9 Å². The van der Waals surface area contributed by atoms with Gasteiger partial charge in [0, 0.05) is 5.69 Å². The molecule has 0 fully saturated rings. The summed E-state index contributed by atoms with van der Waals surface area (Å²) in [6.45, 7) is 8.32. The van der Waals surface area contributed by atoms with E-state index in [1.165, 1.54) is 5.56 Å². The fraction of sp³-hybridized carbons (Fsp3) is 0.333. The average Bonchev–Trinajstić information content (AvgIpc) is 2.60. The molecule has 5 nitrogen and oxygen atoms in total. The predicted molar refractivity (Wildman–Crippen MR) is 102 cm³/mol. The van der Waals surface area contributed by atoms with Crippen LogP contribution in [0.2, 0.25) is 0 Å². The fourth-order valence-corrected chi connectivity index (χ4v) is 2.33. The van der Waals surface area contributed by atoms with Crippen molar-refractivity contribution in [2.75, 3.05) is 18.5 Å². The van der Waals surface area contributed by atoms with Gasteiger partial charge in [0.05, 0.1) is 12.2 Å². The number of benzene rings is 2. The molecule has 2 aromatic rings. The number of ether oxygens (including phenoxy) is 2. The third kappa shape index (κ3) is 5.62. The minimum absolute atomic E-state index is 0.0651. The number of hydrogen-bond donors (Lipinski definition) is 1. The third-order valence-electron chi connectivity index (χ3n) is 3.75. The molecule has 26 heavy (non-hydrogen) atoms. The molecule has 0 heterocycles. The standard InChI is InChI=1S/C21H25NO4/c1-5-25-20(24)15-7-6-8-18(13-15)26-14-19(23)22-17-11-9-16(10-12-17)21(2,3)4/h6-13H,5,14H2,1-4H3,(H,22,23). The Bertz CT molecular complexity index is 760. The summed E-state index contributed by atoms with van der Waals surface area (Å²) in [4.78, 5) is 23.8. The Morgan fingerprint density at radius 2 is 1.73 bits per heavy atom. The van der Waals surface area contributed by atoms with Crippen molar-refractivity contribution in [3.8, 4) is 5.75 Å². The van der Waals surface area contributed by atoms with Gasteiger partial charge in [0.25, 0.3) is 5.91 Å². The van der Waals surface area contributed by atoms with E-state index in [1.54, 1.807) is 31.2 Å². The van der Waals surface area contributed by atoms with Gasteiger partial charge in [0.15, 0.2) is 6.61 Å². The zero-order valence-electron chi connectivity index (χ0n) is 15.7. The first-order valence-corrected chi connectivity index (χ1v) is 8.60. The van der Waals surface area contributed by atoms with Crippen molar-refractivity contribution in [3.05, 3.63) is 59.7 Å². The van der Waals surface area contributed by atoms with E-state index in [4.69, 9.17) is 9.47 Å². The summed E-state index contributed by atoms with van der Waals surface area (Å²) in [5.41, 5.74) is 2.37. The van der Waals surface area contributed by atoms with Gasteiger partial charge in [0.2, 0.25) is 0 Å². The number of nitrogens with one attached hydrogen (secondary N) is 1. The molecule has 5 heteroatoms. The minimum atomic E-state index is -0.415. The highest BCUT2D eigenvalue weighted by Gasteiger charge is 2.13. The Labute approximate surface area is 154 Å². The summed E-state index contributed by atoms with van der Waals surface area (Å²) in [5, 5.41) is 2.79. The summed E-state index contributed by atoms with van der Waals surface area (Å²) >= 11 is 0. The van der Waals surface area contributed by atoms with Gasteiger partial charge >= 0.3 is 5.97 Å². The maximum atomic E-state index is 12.1. The molecule has 0 aliphatic carbocycles. The van der Waals surface area contributed by atoms with E-state index in [0.29, 0.717) is 23.6 Å². The second-order valence-electron chi connectivity index (χ2n) is 6.91. The van der Waals surface area contributed by atoms with Crippen molar-refractivity contribution in [3.63, 3.8) is 0 Å². The summed E-state index contributed by atoms with van der Waals surface area (Å²) in [5.74, 6) is -0.245. The molecule has 0 aliphatic heterocycles. The quantitative estimate of drug-likeness (QED) is 0.790. The smallest absolute Gasteiger partial charge is 0.338 e. The number of amides is 1. The van der Waals surface area contributed by atoms with Crippen LogP contribution in [0.1, 0.15) is 43.6 Å². The van der Waals surface area contributed by atoms with Gasteiger partial charge in [-0.3, -0.25) is 4.79 Å². The van der Waals surface area contributed by atoms with E-state index in [2.05, 4.69) is 26.1 Å². The lowest BCUT2D eigenvalue weighted by Gasteiger charge is -2.19. The van der Waals surface area contributed by atoms with Crippen LogP contribution in [0, 0.1) is 0 Å². The summed E-state index contributed by atoms with van der Waals surface area (Å²) in [6.07, 6.45) is 0. The van der Waals surface area contributed by atoms with E-state index in [0.717, 1.165) is 0 Å². The second-order valence-corrected chi connectivity index (χ2v) is 6.91. The first kappa shape index (κ1) is 19.5. The maximum Gasteiger partial charge on any atom is 0.338 e. The lowest BCUT2D eigenvalue weighted by atomic mass is 9.87. The van der Waals surface area contributed by atoms with Gasteiger partial charge in [-0.05, 0) is 48.2 Å². The molecule has 1 N–H and O–H groups in total. The number of carbonyl (C=O) groups excluding carboxylic acids is 2. The monoisotopic (exact) mass is 355 g/mol. The zero-order valence-corrected chi connectivity index (χ0v) is 15.7. The van der Waals surface area contributed by atoms with Crippen LogP contribution in [0.15, 0.2) is 48.5 Å². The first-order valence-electron chi connectivity index (χ1n) is 8.60. The van der Waals surface area contributed by atoms with Gasteiger partial charge in [-0.2, -0.15) is 0 Å². The molecule has 0 saturated carbocycles. The SMILES string of the molecule is CCOC(=O)c1cccc(OCC(=O)Nc2ccc(C(C)(C)C)cc2)c1. The van der Waals surface area contributed by atoms with E-state index >= 15 is 0 Å². The topological polar surface area (TPSA) is 64.6 Å². The summed E-state index contributed by atoms with van der Waals surface area (Å²) < 4.78 is 10.4. The Morgan fingerprint density at radius 1 is 1.04 bits per heavy atom. The molecule has 0 unspecified atom stereocenters. The van der Waals surface area contributed by atoms with Crippen molar-refractivity contribution < 1.29 is 19.1 Å². The van der Waals surface area contributed by atoms with Crippen LogP contribution in [0.3, 0.4) is 0 Å². The highest BCUT2D eigenvalue weighted by molar-refractivity contribution is 5.92. The molecule has 2 aromatic carbocycles. The molecule has 0 atom stereocenters. The number of anilines is 1. The number of esters is 1. The number of hydrogen-bond acceptors (Lipinski definition) is 4. The molecule has 1 amide bonds. The highest BCUT2D eigenvalue weighted by Crippen LogP contribution is 2.23. The molecule has 0 saturated heterocycles. The third-order valence-corrected chi connectivity index (χ3v) is 3.75. The van der Waals surface area contributed by atoms with Crippen LogP contribution in [-0.4, -0.2) is 25.1 Å². The van der Waals surface area contributed by atoms with Crippen LogP contribution >= 0.6 is 0 Å². The normalized spacial score (nSPS) is 10.9. The summed E-state index contributed by atoms with van der Waals surface area (Å²) in [6, 6.07) is 14.3. The first-order chi connectivity index (χ1) is 12.3. The van der Waals surface area contributed by atoms with Gasteiger partial charge in [-0.1, -0.05) is 39.0 Å². The molecule has 0 spiro atoms. The molecular weight excluding hydrogens is 330 g/mol. The predicted octanol–water partition coefficient (Wildman–Crippen LogP) is 4.18. The van der Waals surface area contributed by atoms with Crippen molar-refractivity contribution in [2.24, 2.45) is 0 Å². The van der Waals surface area contributed by atoms with Crippen LogP contribution in [-0.2, 0) is 14.9 Å². The molecular formula is C21H25NO4. The van der Waals surface area contributed by atoms with E-state index in [1.807, 2.05) is 24.3 Å². The van der Waals surface area contributed by atoms with Crippen LogP contribution in [0.5, 0.6) is 5.75 Å². The van der Waals surface area contributed by atoms with E-state index in [9.17, 15) is 9.59 Å². The molecule has 2 rings (SSSR count). The maximum absolute atomic E-state index is 12.1. The molecule has 0 radical (unpaired) electrons. The molecule has 0 bridgehead atoms. The lowest BCUT2D eigenvalue weighted by Crippen LogP contribution is -2.20. The van der Waals surface area contributed by atoms with Crippen molar-refractivity contribution in [2.45, 2.75) is 33.1 Å². The van der Waals surface area contributed by atoms with Gasteiger partial charge in [-0.25, -0.2) is 4.79 Å². The largest absolute Gasteiger partial charge is 0.484 e. The van der Waals surface area contributed by atoms with Gasteiger partial charge in [-0.15, -0.1) is 0 Å². The van der Waals surface area contributed by atoms with Crippen molar-refractivity contribution in [1.29, 1.82) is 0 Å². The zero-order chi connectivity index (χ0) is 19.2. The van der Waals surface area contributed by atoms with Crippen molar-refractivity contribution >= 4 is 17.6 Å². The van der Waals surface area contributed by atoms with Crippen LogP contribution in [0.4, 0.5) is 5.69 Å². The van der Waals surface area contributed by atoms with Gasteiger partial charge < -0.3 is 14.8 Å². The Morgan fingerprint density at radius 3 is 2.35 bits per heavy atom. The Hall–Kier alpha value is -2.82. The second kappa shape index (κ2) is 8.52. The average molecular weight is 355 g/mol. The fourth-order valence-electron chi connectivity index (χ4n) is 2.33. The van der Waals surface area contributed by atoms with Crippen LogP contribution in [0.25, 0.3) is 0 Å². The lowest BCUT2D eigenvalue weighted by molar-refractivity contribution is -0.118. The summed E-state index contributed by atoms with van der Waals surface area (Å²) in [7, 11) is 0. The Balaban J connectivity index is 1.91. The number of rotatable bonds is 6. The number of carbonyl (C=O) groups is 2. The van der Waals surface area contributed by atoms with Gasteiger partial charge in [0.1, 0.15) is 5.75 Å². The van der Waals surface area contributed by atoms with Crippen LogP contribution < -0.4 is 10.1 Å². The minimum Gasteiger partial charge on any atom is -0.484 e. The Kier molecular flexibility index (Phi) is 6.39. The molecule has 0 aliphatic rings. The molecule has 0 aromatic heterocycles. The molecule has 138 valence electrons.